The van der Waals surface area contributed by atoms with Gasteiger partial charge in [0.15, 0.2) is 9.84 Å². The summed E-state index contributed by atoms with van der Waals surface area (Å²) in [6.07, 6.45) is 0.398. The van der Waals surface area contributed by atoms with Crippen LogP contribution in [0.1, 0.15) is 23.6 Å². The molecule has 0 aromatic heterocycles. The second kappa shape index (κ2) is 8.43. The summed E-state index contributed by atoms with van der Waals surface area (Å²) < 4.78 is 50.3. The van der Waals surface area contributed by atoms with Crippen molar-refractivity contribution in [2.45, 2.75) is 12.5 Å². The molecule has 8 heteroatoms. The highest BCUT2D eigenvalue weighted by Gasteiger charge is 2.37. The van der Waals surface area contributed by atoms with E-state index >= 15 is 0 Å². The molecule has 2 saturated heterocycles. The van der Waals surface area contributed by atoms with Crippen LogP contribution in [0.25, 0.3) is 0 Å². The van der Waals surface area contributed by atoms with Gasteiger partial charge in [-0.15, -0.1) is 0 Å². The van der Waals surface area contributed by atoms with Crippen LogP contribution in [-0.2, 0) is 14.6 Å². The van der Waals surface area contributed by atoms with Crippen LogP contribution < -0.4 is 0 Å². The minimum atomic E-state index is -3.10. The lowest BCUT2D eigenvalue weighted by atomic mass is 9.96. The first-order chi connectivity index (χ1) is 14.3. The van der Waals surface area contributed by atoms with Gasteiger partial charge >= 0.3 is 0 Å². The monoisotopic (exact) mass is 434 g/mol. The van der Waals surface area contributed by atoms with E-state index in [0.717, 1.165) is 11.1 Å². The number of hydrogen-bond acceptors (Lipinski definition) is 4. The summed E-state index contributed by atoms with van der Waals surface area (Å²) in [4.78, 5) is 16.7. The van der Waals surface area contributed by atoms with E-state index in [-0.39, 0.29) is 35.1 Å². The zero-order chi connectivity index (χ0) is 21.3. The van der Waals surface area contributed by atoms with Crippen molar-refractivity contribution in [1.82, 2.24) is 9.80 Å². The Bertz CT molecular complexity index is 956. The van der Waals surface area contributed by atoms with E-state index in [1.807, 2.05) is 0 Å². The predicted molar refractivity (Wildman–Crippen MR) is 110 cm³/mol. The van der Waals surface area contributed by atoms with Crippen LogP contribution in [0.5, 0.6) is 0 Å². The number of carbonyl (C=O) groups excluding carboxylic acids is 1. The third kappa shape index (κ3) is 4.54. The Morgan fingerprint density at radius 3 is 1.80 bits per heavy atom. The number of benzene rings is 2. The molecule has 5 nitrogen and oxygen atoms in total. The largest absolute Gasteiger partial charge is 0.340 e. The number of sulfone groups is 1. The first-order valence-corrected chi connectivity index (χ1v) is 11.9. The molecular weight excluding hydrogens is 410 g/mol. The van der Waals surface area contributed by atoms with Gasteiger partial charge in [0, 0.05) is 26.2 Å². The van der Waals surface area contributed by atoms with Gasteiger partial charge in [0.25, 0.3) is 0 Å². The van der Waals surface area contributed by atoms with Crippen molar-refractivity contribution in [2.24, 2.45) is 5.92 Å². The van der Waals surface area contributed by atoms with E-state index in [9.17, 15) is 22.0 Å². The molecule has 1 amide bonds. The minimum Gasteiger partial charge on any atom is -0.340 e. The van der Waals surface area contributed by atoms with Crippen molar-refractivity contribution < 1.29 is 22.0 Å². The van der Waals surface area contributed by atoms with Gasteiger partial charge in [-0.25, -0.2) is 17.2 Å². The van der Waals surface area contributed by atoms with Crippen molar-refractivity contribution in [3.63, 3.8) is 0 Å². The quantitative estimate of drug-likeness (QED) is 0.743. The van der Waals surface area contributed by atoms with Crippen LogP contribution in [0.4, 0.5) is 8.78 Å². The van der Waals surface area contributed by atoms with Gasteiger partial charge in [0.2, 0.25) is 5.91 Å². The molecule has 0 radical (unpaired) electrons. The van der Waals surface area contributed by atoms with Crippen molar-refractivity contribution in [3.05, 3.63) is 71.3 Å². The van der Waals surface area contributed by atoms with Crippen LogP contribution in [0, 0.1) is 17.6 Å². The smallest absolute Gasteiger partial charge is 0.226 e. The molecule has 1 atom stereocenters. The zero-order valence-electron chi connectivity index (χ0n) is 16.5. The lowest BCUT2D eigenvalue weighted by Crippen LogP contribution is -2.51. The highest BCUT2D eigenvalue weighted by Crippen LogP contribution is 2.30. The lowest BCUT2D eigenvalue weighted by Gasteiger charge is -2.40. The van der Waals surface area contributed by atoms with Crippen molar-refractivity contribution >= 4 is 15.7 Å². The van der Waals surface area contributed by atoms with Crippen molar-refractivity contribution in [3.8, 4) is 0 Å². The number of rotatable bonds is 4. The predicted octanol–water partition coefficient (Wildman–Crippen LogP) is 2.63. The summed E-state index contributed by atoms with van der Waals surface area (Å²) in [6, 6.07) is 12.4. The Kier molecular flexibility index (Phi) is 5.88. The van der Waals surface area contributed by atoms with Crippen LogP contribution in [-0.4, -0.2) is 61.8 Å². The topological polar surface area (TPSA) is 57.7 Å². The molecule has 0 saturated carbocycles. The second-order valence-electron chi connectivity index (χ2n) is 7.97. The molecule has 2 fully saturated rings. The lowest BCUT2D eigenvalue weighted by molar-refractivity contribution is -0.136. The molecule has 2 aliphatic heterocycles. The van der Waals surface area contributed by atoms with Gasteiger partial charge < -0.3 is 4.90 Å². The van der Waals surface area contributed by atoms with E-state index in [4.69, 9.17) is 0 Å². The Morgan fingerprint density at radius 1 is 0.867 bits per heavy atom. The third-order valence-corrected chi connectivity index (χ3v) is 7.71. The number of amides is 1. The van der Waals surface area contributed by atoms with Gasteiger partial charge in [-0.2, -0.15) is 0 Å². The number of nitrogens with zero attached hydrogens (tertiary/aromatic N) is 2. The molecule has 2 aliphatic rings. The molecule has 0 N–H and O–H groups in total. The molecule has 0 spiro atoms. The molecule has 2 aromatic rings. The standard InChI is InChI=1S/C22H24F2N2O3S/c23-19-5-1-16(2-6-19)21(17-3-7-20(24)8-4-17)25-10-12-26(13-11-25)22(27)18-9-14-30(28,29)15-18/h1-8,18,21H,9-15H2. The fourth-order valence-corrected chi connectivity index (χ4v) is 6.09. The van der Waals surface area contributed by atoms with Crippen molar-refractivity contribution in [2.75, 3.05) is 37.7 Å². The summed E-state index contributed by atoms with van der Waals surface area (Å²) >= 11 is 0. The summed E-state index contributed by atoms with van der Waals surface area (Å²) in [5.41, 5.74) is 1.79. The molecule has 30 heavy (non-hydrogen) atoms. The van der Waals surface area contributed by atoms with E-state index in [1.54, 1.807) is 29.2 Å². The Hall–Kier alpha value is -2.32. The number of piperazine rings is 1. The minimum absolute atomic E-state index is 0.0557. The van der Waals surface area contributed by atoms with E-state index < -0.39 is 15.8 Å². The molecular formula is C22H24F2N2O3S. The highest BCUT2D eigenvalue weighted by molar-refractivity contribution is 7.91. The van der Waals surface area contributed by atoms with E-state index in [0.29, 0.717) is 32.6 Å². The third-order valence-electron chi connectivity index (χ3n) is 5.94. The SMILES string of the molecule is O=C(C1CCS(=O)(=O)C1)N1CCN(C(c2ccc(F)cc2)c2ccc(F)cc2)CC1. The summed E-state index contributed by atoms with van der Waals surface area (Å²) in [6.45, 7) is 2.16. The van der Waals surface area contributed by atoms with Gasteiger partial charge in [-0.1, -0.05) is 24.3 Å². The highest BCUT2D eigenvalue weighted by atomic mass is 32.2. The zero-order valence-corrected chi connectivity index (χ0v) is 17.3. The van der Waals surface area contributed by atoms with Gasteiger partial charge in [0.05, 0.1) is 23.5 Å². The van der Waals surface area contributed by atoms with E-state index in [2.05, 4.69) is 4.90 Å². The molecule has 0 aliphatic carbocycles. The molecule has 4 rings (SSSR count). The number of halogens is 2. The Morgan fingerprint density at radius 2 is 1.37 bits per heavy atom. The maximum Gasteiger partial charge on any atom is 0.226 e. The first-order valence-electron chi connectivity index (χ1n) is 10.1. The van der Waals surface area contributed by atoms with E-state index in [1.165, 1.54) is 24.3 Å². The molecule has 0 bridgehead atoms. The van der Waals surface area contributed by atoms with Crippen molar-refractivity contribution in [1.29, 1.82) is 0 Å². The summed E-state index contributed by atoms with van der Waals surface area (Å²) in [7, 11) is -3.10. The van der Waals surface area contributed by atoms with Gasteiger partial charge in [0.1, 0.15) is 11.6 Å². The van der Waals surface area contributed by atoms with Crippen LogP contribution in [0.2, 0.25) is 0 Å². The van der Waals surface area contributed by atoms with Crippen LogP contribution in [0.3, 0.4) is 0 Å². The second-order valence-corrected chi connectivity index (χ2v) is 10.2. The summed E-state index contributed by atoms with van der Waals surface area (Å²) in [5.74, 6) is -1.14. The molecule has 1 unspecified atom stereocenters. The van der Waals surface area contributed by atoms with Gasteiger partial charge in [-0.05, 0) is 41.8 Å². The Balaban J connectivity index is 1.50. The van der Waals surface area contributed by atoms with Crippen LogP contribution in [0.15, 0.2) is 48.5 Å². The fourth-order valence-electron chi connectivity index (χ4n) is 4.35. The summed E-state index contributed by atoms with van der Waals surface area (Å²) in [5, 5.41) is 0. The molecule has 160 valence electrons. The van der Waals surface area contributed by atoms with Crippen LogP contribution >= 0.6 is 0 Å². The number of carbonyl (C=O) groups is 1. The number of hydrogen-bond donors (Lipinski definition) is 0. The average Bonchev–Trinajstić information content (AvgIpc) is 3.11. The molecule has 2 aromatic carbocycles. The maximum absolute atomic E-state index is 13.4. The fraction of sp³-hybridized carbons (Fsp3) is 0.409. The Labute approximate surface area is 175 Å². The maximum atomic E-state index is 13.4. The average molecular weight is 435 g/mol. The first kappa shape index (κ1) is 20.9. The normalized spacial score (nSPS) is 21.8. The van der Waals surface area contributed by atoms with Gasteiger partial charge in [-0.3, -0.25) is 9.69 Å². The molecule has 2 heterocycles.